The molecule has 2 rings (SSSR count). The van der Waals surface area contributed by atoms with Gasteiger partial charge in [-0.15, -0.1) is 0 Å². The molecule has 0 N–H and O–H groups in total. The zero-order valence-corrected chi connectivity index (χ0v) is 14.6. The Morgan fingerprint density at radius 2 is 1.83 bits per heavy atom. The van der Waals surface area contributed by atoms with E-state index in [0.717, 1.165) is 5.56 Å². The topological polar surface area (TPSA) is 48.0 Å². The van der Waals surface area contributed by atoms with Crippen molar-refractivity contribution in [2.45, 2.75) is 6.61 Å². The van der Waals surface area contributed by atoms with Gasteiger partial charge < -0.3 is 19.1 Å². The Labute approximate surface area is 146 Å². The highest BCUT2D eigenvalue weighted by molar-refractivity contribution is 7.80. The van der Waals surface area contributed by atoms with Crippen molar-refractivity contribution < 1.29 is 19.0 Å². The van der Waals surface area contributed by atoms with Gasteiger partial charge in [0.2, 0.25) is 0 Å². The number of hydrogen-bond acceptors (Lipinski definition) is 5. The van der Waals surface area contributed by atoms with Crippen molar-refractivity contribution in [1.29, 1.82) is 0 Å². The number of esters is 1. The van der Waals surface area contributed by atoms with Crippen LogP contribution in [-0.4, -0.2) is 37.2 Å². The third-order valence-electron chi connectivity index (χ3n) is 3.17. The maximum absolute atomic E-state index is 11.9. The van der Waals surface area contributed by atoms with Gasteiger partial charge in [0.1, 0.15) is 23.7 Å². The third kappa shape index (κ3) is 4.70. The maximum atomic E-state index is 11.9. The van der Waals surface area contributed by atoms with Crippen LogP contribution in [0.3, 0.4) is 0 Å². The first-order valence-corrected chi connectivity index (χ1v) is 7.70. The number of nitrogens with zero attached hydrogens (tertiary/aromatic N) is 1. The van der Waals surface area contributed by atoms with Gasteiger partial charge in [-0.3, -0.25) is 0 Å². The molecule has 2 aromatic carbocycles. The molecule has 2 aromatic rings. The highest BCUT2D eigenvalue weighted by atomic mass is 32.1. The standard InChI is InChI=1S/C18H19NO4S/c1-19(2)18(24)23-16-11-14(9-10-15(16)17(20)21-3)22-12-13-7-5-4-6-8-13/h4-11H,12H2,1-3H3. The molecule has 0 aliphatic heterocycles. The van der Waals surface area contributed by atoms with Gasteiger partial charge in [-0.2, -0.15) is 0 Å². The minimum absolute atomic E-state index is 0.236. The molecule has 5 nitrogen and oxygen atoms in total. The second-order valence-corrected chi connectivity index (χ2v) is 5.54. The molecule has 0 amide bonds. The summed E-state index contributed by atoms with van der Waals surface area (Å²) >= 11 is 5.14. The number of carbonyl (C=O) groups excluding carboxylic acids is 1. The number of thiocarbonyl (C=S) groups is 1. The number of carbonyl (C=O) groups is 1. The second kappa shape index (κ2) is 8.31. The quantitative estimate of drug-likeness (QED) is 0.612. The number of hydrogen-bond donors (Lipinski definition) is 0. The van der Waals surface area contributed by atoms with E-state index >= 15 is 0 Å². The summed E-state index contributed by atoms with van der Waals surface area (Å²) < 4.78 is 16.1. The van der Waals surface area contributed by atoms with Gasteiger partial charge in [0, 0.05) is 20.2 Å². The molecule has 0 unspecified atom stereocenters. The van der Waals surface area contributed by atoms with Crippen LogP contribution in [0, 0.1) is 0 Å². The monoisotopic (exact) mass is 345 g/mol. The molecule has 0 fully saturated rings. The molecule has 6 heteroatoms. The molecular weight excluding hydrogens is 326 g/mol. The second-order valence-electron chi connectivity index (χ2n) is 5.19. The molecule has 0 aromatic heterocycles. The van der Waals surface area contributed by atoms with Crippen LogP contribution in [0.15, 0.2) is 48.5 Å². The zero-order valence-electron chi connectivity index (χ0n) is 13.8. The summed E-state index contributed by atoms with van der Waals surface area (Å²) in [6.07, 6.45) is 0. The maximum Gasteiger partial charge on any atom is 0.341 e. The predicted octanol–water partition coefficient (Wildman–Crippen LogP) is 3.28. The van der Waals surface area contributed by atoms with Crippen molar-refractivity contribution >= 4 is 23.4 Å². The minimum Gasteiger partial charge on any atom is -0.489 e. The fourth-order valence-corrected chi connectivity index (χ4v) is 1.97. The lowest BCUT2D eigenvalue weighted by Gasteiger charge is -2.17. The van der Waals surface area contributed by atoms with Gasteiger partial charge in [0.05, 0.1) is 7.11 Å². The van der Waals surface area contributed by atoms with E-state index in [2.05, 4.69) is 0 Å². The van der Waals surface area contributed by atoms with Crippen LogP contribution in [0.2, 0.25) is 0 Å². The zero-order chi connectivity index (χ0) is 17.5. The van der Waals surface area contributed by atoms with Crippen molar-refractivity contribution in [3.05, 3.63) is 59.7 Å². The SMILES string of the molecule is COC(=O)c1ccc(OCc2ccccc2)cc1OC(=S)N(C)C. The minimum atomic E-state index is -0.499. The van der Waals surface area contributed by atoms with Crippen LogP contribution >= 0.6 is 12.2 Å². The fourth-order valence-electron chi connectivity index (χ4n) is 1.88. The summed E-state index contributed by atoms with van der Waals surface area (Å²) in [5, 5.41) is 0.236. The summed E-state index contributed by atoms with van der Waals surface area (Å²) in [5.41, 5.74) is 1.33. The molecule has 0 heterocycles. The Balaban J connectivity index is 2.21. The van der Waals surface area contributed by atoms with Gasteiger partial charge in [-0.05, 0) is 29.9 Å². The first kappa shape index (κ1) is 17.7. The molecule has 0 atom stereocenters. The molecule has 0 radical (unpaired) electrons. The lowest BCUT2D eigenvalue weighted by atomic mass is 10.2. The summed E-state index contributed by atoms with van der Waals surface area (Å²) in [5.74, 6) is 0.371. The Bertz CT molecular complexity index is 716. The van der Waals surface area contributed by atoms with Gasteiger partial charge in [-0.25, -0.2) is 4.79 Å². The number of methoxy groups -OCH3 is 1. The van der Waals surface area contributed by atoms with E-state index < -0.39 is 5.97 Å². The van der Waals surface area contributed by atoms with Crippen LogP contribution in [0.25, 0.3) is 0 Å². The Morgan fingerprint density at radius 1 is 1.12 bits per heavy atom. The smallest absolute Gasteiger partial charge is 0.341 e. The van der Waals surface area contributed by atoms with Gasteiger partial charge in [-0.1, -0.05) is 30.3 Å². The highest BCUT2D eigenvalue weighted by Gasteiger charge is 2.16. The molecular formula is C18H19NO4S. The fraction of sp³-hybridized carbons (Fsp3) is 0.222. The van der Waals surface area contributed by atoms with E-state index in [1.165, 1.54) is 7.11 Å². The molecule has 0 aliphatic carbocycles. The van der Waals surface area contributed by atoms with E-state index in [1.54, 1.807) is 37.2 Å². The van der Waals surface area contributed by atoms with Crippen molar-refractivity contribution in [2.24, 2.45) is 0 Å². The first-order chi connectivity index (χ1) is 11.5. The molecule has 0 bridgehead atoms. The average Bonchev–Trinajstić information content (AvgIpc) is 2.60. The van der Waals surface area contributed by atoms with E-state index in [0.29, 0.717) is 18.1 Å². The van der Waals surface area contributed by atoms with Crippen molar-refractivity contribution in [3.8, 4) is 11.5 Å². The van der Waals surface area contributed by atoms with Gasteiger partial charge in [0.25, 0.3) is 5.17 Å². The lowest BCUT2D eigenvalue weighted by Crippen LogP contribution is -2.25. The van der Waals surface area contributed by atoms with Crippen LogP contribution in [0.1, 0.15) is 15.9 Å². The van der Waals surface area contributed by atoms with Gasteiger partial charge in [0.15, 0.2) is 0 Å². The van der Waals surface area contributed by atoms with Crippen molar-refractivity contribution in [3.63, 3.8) is 0 Å². The normalized spacial score (nSPS) is 9.96. The van der Waals surface area contributed by atoms with Crippen molar-refractivity contribution in [2.75, 3.05) is 21.2 Å². The first-order valence-electron chi connectivity index (χ1n) is 7.29. The van der Waals surface area contributed by atoms with Crippen LogP contribution in [-0.2, 0) is 11.3 Å². The lowest BCUT2D eigenvalue weighted by molar-refractivity contribution is 0.0598. The van der Waals surface area contributed by atoms with Crippen molar-refractivity contribution in [1.82, 2.24) is 4.90 Å². The molecule has 126 valence electrons. The van der Waals surface area contributed by atoms with E-state index in [-0.39, 0.29) is 10.7 Å². The van der Waals surface area contributed by atoms with Crippen LogP contribution in [0.4, 0.5) is 0 Å². The summed E-state index contributed by atoms with van der Waals surface area (Å²) in [7, 11) is 4.84. The Hall–Kier alpha value is -2.60. The summed E-state index contributed by atoms with van der Waals surface area (Å²) in [4.78, 5) is 13.5. The van der Waals surface area contributed by atoms with Gasteiger partial charge >= 0.3 is 5.97 Å². The molecule has 0 spiro atoms. The summed E-state index contributed by atoms with van der Waals surface area (Å²) in [6, 6.07) is 14.7. The average molecular weight is 345 g/mol. The number of rotatable bonds is 5. The van der Waals surface area contributed by atoms with E-state index in [1.807, 2.05) is 30.3 Å². The predicted molar refractivity (Wildman–Crippen MR) is 95.5 cm³/mol. The summed E-state index contributed by atoms with van der Waals surface area (Å²) in [6.45, 7) is 0.413. The largest absolute Gasteiger partial charge is 0.489 e. The van der Waals surface area contributed by atoms with E-state index in [4.69, 9.17) is 26.4 Å². The highest BCUT2D eigenvalue weighted by Crippen LogP contribution is 2.27. The van der Waals surface area contributed by atoms with E-state index in [9.17, 15) is 4.79 Å². The molecule has 0 aliphatic rings. The third-order valence-corrected chi connectivity index (χ3v) is 3.62. The number of benzene rings is 2. The Kier molecular flexibility index (Phi) is 6.14. The number of ether oxygens (including phenoxy) is 3. The molecule has 0 saturated heterocycles. The molecule has 24 heavy (non-hydrogen) atoms. The Morgan fingerprint density at radius 3 is 2.46 bits per heavy atom. The van der Waals surface area contributed by atoms with Crippen LogP contribution in [0.5, 0.6) is 11.5 Å². The molecule has 0 saturated carbocycles. The van der Waals surface area contributed by atoms with Crippen LogP contribution < -0.4 is 9.47 Å².